The number of imidazole rings is 1. The van der Waals surface area contributed by atoms with Gasteiger partial charge in [-0.3, -0.25) is 4.79 Å². The Hall–Kier alpha value is -0.970. The maximum atomic E-state index is 10.8. The Bertz CT molecular complexity index is 470. The monoisotopic (exact) mass is 296 g/mol. The van der Waals surface area contributed by atoms with E-state index in [-0.39, 0.29) is 5.75 Å². The van der Waals surface area contributed by atoms with Crippen LogP contribution in [0.25, 0.3) is 0 Å². The average molecular weight is 296 g/mol. The van der Waals surface area contributed by atoms with E-state index in [9.17, 15) is 4.79 Å². The van der Waals surface area contributed by atoms with Crippen molar-refractivity contribution in [3.8, 4) is 0 Å². The van der Waals surface area contributed by atoms with Crippen molar-refractivity contribution >= 4 is 17.7 Å². The molecule has 4 nitrogen and oxygen atoms in total. The van der Waals surface area contributed by atoms with Crippen molar-refractivity contribution in [1.29, 1.82) is 0 Å². The first-order valence-corrected chi connectivity index (χ1v) is 8.37. The highest BCUT2D eigenvalue weighted by Gasteiger charge is 2.31. The van der Waals surface area contributed by atoms with Crippen LogP contribution in [0.15, 0.2) is 11.4 Å². The van der Waals surface area contributed by atoms with Gasteiger partial charge in [0.25, 0.3) is 0 Å². The molecule has 0 amide bonds. The number of hydrogen-bond donors (Lipinski definition) is 1. The molecule has 1 N–H and O–H groups in total. The van der Waals surface area contributed by atoms with Crippen molar-refractivity contribution < 1.29 is 9.90 Å². The van der Waals surface area contributed by atoms with Crippen LogP contribution in [-0.2, 0) is 4.79 Å². The summed E-state index contributed by atoms with van der Waals surface area (Å²) in [6, 6.07) is 0.475. The minimum atomic E-state index is -0.786. The van der Waals surface area contributed by atoms with Crippen molar-refractivity contribution in [2.45, 2.75) is 57.7 Å². The number of thioether (sulfide) groups is 1. The zero-order valence-electron chi connectivity index (χ0n) is 12.5. The minimum absolute atomic E-state index is 0.0789. The molecule has 2 atom stereocenters. The van der Waals surface area contributed by atoms with Crippen LogP contribution in [0, 0.1) is 18.8 Å². The van der Waals surface area contributed by atoms with Crippen molar-refractivity contribution in [1.82, 2.24) is 9.55 Å². The van der Waals surface area contributed by atoms with Gasteiger partial charge in [0, 0.05) is 17.9 Å². The molecule has 1 aliphatic carbocycles. The first-order chi connectivity index (χ1) is 9.50. The zero-order valence-corrected chi connectivity index (χ0v) is 13.3. The van der Waals surface area contributed by atoms with Gasteiger partial charge in [-0.2, -0.15) is 0 Å². The lowest BCUT2D eigenvalue weighted by atomic mass is 9.77. The number of aliphatic carboxylic acids is 1. The summed E-state index contributed by atoms with van der Waals surface area (Å²) >= 11 is 1.34. The van der Waals surface area contributed by atoms with Crippen LogP contribution in [-0.4, -0.2) is 26.4 Å². The normalized spacial score (nSPS) is 23.2. The van der Waals surface area contributed by atoms with Gasteiger partial charge in [-0.05, 0) is 31.6 Å². The van der Waals surface area contributed by atoms with Crippen molar-refractivity contribution in [2.24, 2.45) is 11.8 Å². The van der Waals surface area contributed by atoms with E-state index < -0.39 is 5.97 Å². The highest BCUT2D eigenvalue weighted by atomic mass is 32.2. The lowest BCUT2D eigenvalue weighted by molar-refractivity contribution is -0.133. The van der Waals surface area contributed by atoms with Gasteiger partial charge in [0.2, 0.25) is 0 Å². The van der Waals surface area contributed by atoms with E-state index >= 15 is 0 Å². The fraction of sp³-hybridized carbons (Fsp3) is 0.733. The second kappa shape index (κ2) is 6.66. The fourth-order valence-corrected chi connectivity index (χ4v) is 4.10. The number of carboxylic acid groups (broad SMARTS) is 1. The van der Waals surface area contributed by atoms with Crippen molar-refractivity contribution in [2.75, 3.05) is 5.75 Å². The van der Waals surface area contributed by atoms with E-state index in [0.29, 0.717) is 17.9 Å². The Labute approximate surface area is 125 Å². The molecule has 2 unspecified atom stereocenters. The van der Waals surface area contributed by atoms with Crippen LogP contribution in [0.3, 0.4) is 0 Å². The van der Waals surface area contributed by atoms with Gasteiger partial charge in [0.1, 0.15) is 0 Å². The molecule has 0 spiro atoms. The Morgan fingerprint density at radius 2 is 2.20 bits per heavy atom. The summed E-state index contributed by atoms with van der Waals surface area (Å²) < 4.78 is 2.29. The summed E-state index contributed by atoms with van der Waals surface area (Å²) in [7, 11) is 0. The molecule has 112 valence electrons. The molecule has 1 aliphatic rings. The van der Waals surface area contributed by atoms with Gasteiger partial charge in [0.05, 0.1) is 5.75 Å². The highest BCUT2D eigenvalue weighted by Crippen LogP contribution is 2.40. The molecule has 1 aromatic heterocycles. The quantitative estimate of drug-likeness (QED) is 0.841. The molecule has 0 aliphatic heterocycles. The van der Waals surface area contributed by atoms with E-state index in [2.05, 4.69) is 30.3 Å². The minimum Gasteiger partial charge on any atom is -0.481 e. The van der Waals surface area contributed by atoms with Crippen LogP contribution in [0.2, 0.25) is 0 Å². The van der Waals surface area contributed by atoms with E-state index in [0.717, 1.165) is 10.9 Å². The second-order valence-electron chi connectivity index (χ2n) is 5.99. The number of carbonyl (C=O) groups is 1. The molecular formula is C15H24N2O2S. The van der Waals surface area contributed by atoms with Crippen molar-refractivity contribution in [3.05, 3.63) is 11.9 Å². The van der Waals surface area contributed by atoms with Crippen LogP contribution in [0.5, 0.6) is 0 Å². The van der Waals surface area contributed by atoms with Crippen LogP contribution < -0.4 is 0 Å². The molecule has 0 bridgehead atoms. The van der Waals surface area contributed by atoms with Crippen LogP contribution >= 0.6 is 11.8 Å². The number of rotatable bonds is 5. The predicted octanol–water partition coefficient (Wildman–Crippen LogP) is 3.76. The smallest absolute Gasteiger partial charge is 0.313 e. The molecule has 1 fully saturated rings. The van der Waals surface area contributed by atoms with Gasteiger partial charge in [-0.25, -0.2) is 4.98 Å². The van der Waals surface area contributed by atoms with Gasteiger partial charge >= 0.3 is 5.97 Å². The lowest BCUT2D eigenvalue weighted by Gasteiger charge is -2.36. The molecule has 2 rings (SSSR count). The molecule has 5 heteroatoms. The highest BCUT2D eigenvalue weighted by molar-refractivity contribution is 7.99. The molecule has 1 heterocycles. The largest absolute Gasteiger partial charge is 0.481 e. The molecule has 0 aromatic carbocycles. The summed E-state index contributed by atoms with van der Waals surface area (Å²) in [5.41, 5.74) is 1.15. The number of nitrogens with zero attached hydrogens (tertiary/aromatic N) is 2. The maximum Gasteiger partial charge on any atom is 0.313 e. The molecular weight excluding hydrogens is 272 g/mol. The number of hydrogen-bond acceptors (Lipinski definition) is 3. The van der Waals surface area contributed by atoms with Gasteiger partial charge in [-0.1, -0.05) is 38.5 Å². The van der Waals surface area contributed by atoms with Gasteiger partial charge < -0.3 is 9.67 Å². The molecule has 0 saturated heterocycles. The maximum absolute atomic E-state index is 10.8. The Balaban J connectivity index is 2.25. The number of aryl methyl sites for hydroxylation is 1. The standard InChI is InChI=1S/C15H24N2O2S/c1-10(2)12-6-4-5-7-13(12)17-11(3)8-16-15(17)20-9-14(18)19/h8,10,12-13H,4-7,9H2,1-3H3,(H,18,19). The topological polar surface area (TPSA) is 55.1 Å². The molecule has 1 saturated carbocycles. The second-order valence-corrected chi connectivity index (χ2v) is 6.94. The summed E-state index contributed by atoms with van der Waals surface area (Å²) in [5, 5.41) is 9.73. The first kappa shape index (κ1) is 15.4. The van der Waals surface area contributed by atoms with E-state index in [1.54, 1.807) is 0 Å². The third-order valence-electron chi connectivity index (χ3n) is 4.24. The Morgan fingerprint density at radius 1 is 1.50 bits per heavy atom. The molecule has 20 heavy (non-hydrogen) atoms. The molecule has 0 radical (unpaired) electrons. The lowest BCUT2D eigenvalue weighted by Crippen LogP contribution is -2.28. The first-order valence-electron chi connectivity index (χ1n) is 7.39. The number of aromatic nitrogens is 2. The third kappa shape index (κ3) is 3.37. The van der Waals surface area contributed by atoms with E-state index in [1.165, 1.54) is 37.4 Å². The van der Waals surface area contributed by atoms with Crippen LogP contribution in [0.4, 0.5) is 0 Å². The Morgan fingerprint density at radius 3 is 2.85 bits per heavy atom. The molecule has 1 aromatic rings. The van der Waals surface area contributed by atoms with E-state index in [1.807, 2.05) is 6.20 Å². The zero-order chi connectivity index (χ0) is 14.7. The average Bonchev–Trinajstić information content (AvgIpc) is 2.77. The SMILES string of the molecule is Cc1cnc(SCC(=O)O)n1C1CCCCC1C(C)C. The summed E-state index contributed by atoms with van der Waals surface area (Å²) in [5.74, 6) is 0.613. The van der Waals surface area contributed by atoms with Crippen molar-refractivity contribution in [3.63, 3.8) is 0 Å². The van der Waals surface area contributed by atoms with Crippen LogP contribution in [0.1, 0.15) is 51.3 Å². The summed E-state index contributed by atoms with van der Waals surface area (Å²) in [6.07, 6.45) is 6.89. The summed E-state index contributed by atoms with van der Waals surface area (Å²) in [6.45, 7) is 6.66. The summed E-state index contributed by atoms with van der Waals surface area (Å²) in [4.78, 5) is 15.2. The Kier molecular flexibility index (Phi) is 5.13. The van der Waals surface area contributed by atoms with Gasteiger partial charge in [-0.15, -0.1) is 0 Å². The fourth-order valence-electron chi connectivity index (χ4n) is 3.30. The number of carboxylic acids is 1. The third-order valence-corrected chi connectivity index (χ3v) is 5.19. The van der Waals surface area contributed by atoms with Gasteiger partial charge in [0.15, 0.2) is 5.16 Å². The predicted molar refractivity (Wildman–Crippen MR) is 81.2 cm³/mol. The van der Waals surface area contributed by atoms with E-state index in [4.69, 9.17) is 5.11 Å².